The predicted octanol–water partition coefficient (Wildman–Crippen LogP) is 4.15. The Morgan fingerprint density at radius 2 is 1.96 bits per heavy atom. The Kier molecular flexibility index (Phi) is 4.47. The third kappa shape index (κ3) is 3.64. The van der Waals surface area contributed by atoms with Crippen LogP contribution in [0, 0.1) is 0 Å². The van der Waals surface area contributed by atoms with Crippen molar-refractivity contribution < 1.29 is 4.52 Å². The van der Waals surface area contributed by atoms with Gasteiger partial charge in [0, 0.05) is 23.6 Å². The fourth-order valence-electron chi connectivity index (χ4n) is 2.77. The molecule has 0 aliphatic heterocycles. The van der Waals surface area contributed by atoms with E-state index in [9.17, 15) is 0 Å². The first-order valence-electron chi connectivity index (χ1n) is 8.50. The largest absolute Gasteiger partial charge is 0.374 e. The zero-order chi connectivity index (χ0) is 17.8. The summed E-state index contributed by atoms with van der Waals surface area (Å²) in [5.41, 5.74) is 3.11. The molecule has 0 bridgehead atoms. The molecule has 0 spiro atoms. The van der Waals surface area contributed by atoms with E-state index in [0.717, 1.165) is 17.8 Å². The van der Waals surface area contributed by atoms with Crippen LogP contribution in [-0.2, 0) is 6.54 Å². The fraction of sp³-hybridized carbons (Fsp3) is 0.150. The van der Waals surface area contributed by atoms with E-state index in [1.807, 2.05) is 66.3 Å². The maximum atomic E-state index is 5.43. The minimum Gasteiger partial charge on any atom is -0.374 e. The lowest BCUT2D eigenvalue weighted by molar-refractivity contribution is 0.368. The summed E-state index contributed by atoms with van der Waals surface area (Å²) in [5, 5.41) is 11.7. The van der Waals surface area contributed by atoms with Crippen molar-refractivity contribution in [2.75, 3.05) is 5.32 Å². The molecule has 0 unspecified atom stereocenters. The zero-order valence-electron chi connectivity index (χ0n) is 14.4. The molecule has 0 saturated heterocycles. The first-order valence-corrected chi connectivity index (χ1v) is 8.50. The number of benzene rings is 2. The van der Waals surface area contributed by atoms with Crippen LogP contribution in [-0.4, -0.2) is 19.9 Å². The monoisotopic (exact) mass is 345 g/mol. The van der Waals surface area contributed by atoms with Gasteiger partial charge in [-0.05, 0) is 30.7 Å². The van der Waals surface area contributed by atoms with Gasteiger partial charge in [0.05, 0.1) is 6.54 Å². The molecular formula is C20H19N5O. The molecule has 0 saturated carbocycles. The number of anilines is 1. The highest BCUT2D eigenvalue weighted by atomic mass is 16.5. The second kappa shape index (κ2) is 7.23. The van der Waals surface area contributed by atoms with Crippen LogP contribution in [0.2, 0.25) is 0 Å². The molecule has 2 aromatic heterocycles. The molecular weight excluding hydrogens is 326 g/mol. The van der Waals surface area contributed by atoms with Gasteiger partial charge in [0.25, 0.3) is 0 Å². The van der Waals surface area contributed by atoms with E-state index in [0.29, 0.717) is 11.7 Å². The minimum absolute atomic E-state index is 0.0973. The van der Waals surface area contributed by atoms with E-state index >= 15 is 0 Å². The summed E-state index contributed by atoms with van der Waals surface area (Å²) in [4.78, 5) is 4.51. The van der Waals surface area contributed by atoms with Gasteiger partial charge in [-0.2, -0.15) is 10.1 Å². The molecule has 6 nitrogen and oxygen atoms in total. The fourth-order valence-corrected chi connectivity index (χ4v) is 2.77. The highest BCUT2D eigenvalue weighted by Gasteiger charge is 2.15. The minimum atomic E-state index is -0.0973. The van der Waals surface area contributed by atoms with Gasteiger partial charge < -0.3 is 9.84 Å². The molecule has 4 rings (SSSR count). The molecule has 1 N–H and O–H groups in total. The summed E-state index contributed by atoms with van der Waals surface area (Å²) >= 11 is 0. The number of hydrogen-bond donors (Lipinski definition) is 1. The van der Waals surface area contributed by atoms with Crippen LogP contribution in [0.15, 0.2) is 77.6 Å². The second-order valence-corrected chi connectivity index (χ2v) is 6.09. The van der Waals surface area contributed by atoms with Crippen molar-refractivity contribution in [3.63, 3.8) is 0 Å². The third-order valence-electron chi connectivity index (χ3n) is 4.06. The first-order chi connectivity index (χ1) is 12.8. The van der Waals surface area contributed by atoms with Crippen molar-refractivity contribution in [1.82, 2.24) is 19.9 Å². The number of hydrogen-bond acceptors (Lipinski definition) is 5. The third-order valence-corrected chi connectivity index (χ3v) is 4.06. The Morgan fingerprint density at radius 1 is 1.08 bits per heavy atom. The van der Waals surface area contributed by atoms with E-state index in [1.54, 1.807) is 6.20 Å². The second-order valence-electron chi connectivity index (χ2n) is 6.09. The molecule has 4 aromatic rings. The van der Waals surface area contributed by atoms with E-state index in [-0.39, 0.29) is 6.04 Å². The van der Waals surface area contributed by atoms with Crippen molar-refractivity contribution in [3.8, 4) is 11.4 Å². The van der Waals surface area contributed by atoms with Crippen molar-refractivity contribution in [2.24, 2.45) is 0 Å². The molecule has 0 fully saturated rings. The molecule has 130 valence electrons. The molecule has 0 radical (unpaired) electrons. The van der Waals surface area contributed by atoms with Gasteiger partial charge >= 0.3 is 0 Å². The Labute approximate surface area is 151 Å². The number of rotatable bonds is 6. The summed E-state index contributed by atoms with van der Waals surface area (Å²) in [7, 11) is 0. The molecule has 2 aromatic carbocycles. The van der Waals surface area contributed by atoms with E-state index in [4.69, 9.17) is 4.52 Å². The highest BCUT2D eigenvalue weighted by molar-refractivity contribution is 5.54. The molecule has 0 aliphatic carbocycles. The van der Waals surface area contributed by atoms with Gasteiger partial charge in [-0.1, -0.05) is 47.6 Å². The van der Waals surface area contributed by atoms with E-state index < -0.39 is 0 Å². The first kappa shape index (κ1) is 16.1. The SMILES string of the molecule is C[C@@H](Nc1cccc(Cn2cccn2)c1)c1nc(-c2ccccc2)no1. The standard InChI is InChI=1S/C20H19N5O/c1-15(20-23-19(24-26-20)17-8-3-2-4-9-17)22-18-10-5-7-16(13-18)14-25-12-6-11-21-25/h2-13,15,22H,14H2,1H3/t15-/m1/s1. The summed E-state index contributed by atoms with van der Waals surface area (Å²) in [6.07, 6.45) is 3.73. The average molecular weight is 345 g/mol. The van der Waals surface area contributed by atoms with Gasteiger partial charge in [-0.25, -0.2) is 0 Å². The Morgan fingerprint density at radius 3 is 2.77 bits per heavy atom. The lowest BCUT2D eigenvalue weighted by atomic mass is 10.2. The van der Waals surface area contributed by atoms with Crippen LogP contribution in [0.4, 0.5) is 5.69 Å². The van der Waals surface area contributed by atoms with Crippen molar-refractivity contribution in [1.29, 1.82) is 0 Å². The van der Waals surface area contributed by atoms with Gasteiger partial charge in [0.1, 0.15) is 6.04 Å². The maximum Gasteiger partial charge on any atom is 0.249 e. The Bertz CT molecular complexity index is 963. The lowest BCUT2D eigenvalue weighted by Crippen LogP contribution is -2.08. The number of aromatic nitrogens is 4. The van der Waals surface area contributed by atoms with Crippen LogP contribution in [0.3, 0.4) is 0 Å². The van der Waals surface area contributed by atoms with Crippen molar-refractivity contribution in [2.45, 2.75) is 19.5 Å². The smallest absolute Gasteiger partial charge is 0.249 e. The number of nitrogens with one attached hydrogen (secondary N) is 1. The van der Waals surface area contributed by atoms with Gasteiger partial charge in [-0.3, -0.25) is 4.68 Å². The molecule has 2 heterocycles. The van der Waals surface area contributed by atoms with Crippen molar-refractivity contribution >= 4 is 5.69 Å². The summed E-state index contributed by atoms with van der Waals surface area (Å²) < 4.78 is 7.33. The zero-order valence-corrected chi connectivity index (χ0v) is 14.4. The van der Waals surface area contributed by atoms with Crippen LogP contribution < -0.4 is 5.32 Å². The number of nitrogens with zero attached hydrogens (tertiary/aromatic N) is 4. The molecule has 26 heavy (non-hydrogen) atoms. The molecule has 0 amide bonds. The molecule has 6 heteroatoms. The van der Waals surface area contributed by atoms with E-state index in [2.05, 4.69) is 32.7 Å². The van der Waals surface area contributed by atoms with Crippen LogP contribution in [0.25, 0.3) is 11.4 Å². The van der Waals surface area contributed by atoms with Gasteiger partial charge in [0.2, 0.25) is 11.7 Å². The molecule has 1 atom stereocenters. The normalized spacial score (nSPS) is 12.0. The quantitative estimate of drug-likeness (QED) is 0.568. The maximum absolute atomic E-state index is 5.43. The topological polar surface area (TPSA) is 68.8 Å². The Hall–Kier alpha value is -3.41. The lowest BCUT2D eigenvalue weighted by Gasteiger charge is -2.12. The highest BCUT2D eigenvalue weighted by Crippen LogP contribution is 2.22. The Balaban J connectivity index is 1.46. The summed E-state index contributed by atoms with van der Waals surface area (Å²) in [5.74, 6) is 1.16. The van der Waals surface area contributed by atoms with Gasteiger partial charge in [-0.15, -0.1) is 0 Å². The van der Waals surface area contributed by atoms with Crippen LogP contribution in [0.5, 0.6) is 0 Å². The van der Waals surface area contributed by atoms with Gasteiger partial charge in [0.15, 0.2) is 0 Å². The van der Waals surface area contributed by atoms with Crippen LogP contribution >= 0.6 is 0 Å². The summed E-state index contributed by atoms with van der Waals surface area (Å²) in [6.45, 7) is 2.73. The van der Waals surface area contributed by atoms with Crippen molar-refractivity contribution in [3.05, 3.63) is 84.5 Å². The summed E-state index contributed by atoms with van der Waals surface area (Å²) in [6, 6.07) is 19.9. The van der Waals surface area contributed by atoms with E-state index in [1.165, 1.54) is 5.56 Å². The average Bonchev–Trinajstić information content (AvgIpc) is 3.35. The molecule has 0 aliphatic rings. The predicted molar refractivity (Wildman–Crippen MR) is 99.5 cm³/mol. The van der Waals surface area contributed by atoms with Crippen LogP contribution in [0.1, 0.15) is 24.4 Å².